The van der Waals surface area contributed by atoms with E-state index in [0.29, 0.717) is 0 Å². The number of aliphatic hydroxyl groups is 3. The summed E-state index contributed by atoms with van der Waals surface area (Å²) in [5, 5.41) is 38.5. The molecule has 7 nitrogen and oxygen atoms in total. The lowest BCUT2D eigenvalue weighted by Gasteiger charge is -2.15. The molecule has 1 heterocycles. The Morgan fingerprint density at radius 3 is 2.47 bits per heavy atom. The summed E-state index contributed by atoms with van der Waals surface area (Å²) in [5.41, 5.74) is 0. The van der Waals surface area contributed by atoms with Crippen LogP contribution in [0.5, 0.6) is 0 Å². The molecular formula is C8H15NO6. The molecule has 0 unspecified atom stereocenters. The third kappa shape index (κ3) is 3.11. The number of nitrogens with one attached hydrogen (secondary N) is 1. The second kappa shape index (κ2) is 5.38. The van der Waals surface area contributed by atoms with Gasteiger partial charge in [-0.05, 0) is 0 Å². The zero-order valence-corrected chi connectivity index (χ0v) is 8.04. The van der Waals surface area contributed by atoms with Crippen molar-refractivity contribution in [3.05, 3.63) is 0 Å². The molecule has 0 amide bonds. The molecule has 0 bridgehead atoms. The van der Waals surface area contributed by atoms with Crippen molar-refractivity contribution in [1.82, 2.24) is 5.32 Å². The van der Waals surface area contributed by atoms with E-state index >= 15 is 0 Å². The van der Waals surface area contributed by atoms with Crippen molar-refractivity contribution >= 4 is 5.97 Å². The number of aliphatic hydroxyl groups excluding tert-OH is 3. The Balaban J connectivity index is 2.34. The number of hydrogen-bond acceptors (Lipinski definition) is 6. The molecule has 88 valence electrons. The van der Waals surface area contributed by atoms with Crippen LogP contribution in [-0.2, 0) is 9.53 Å². The van der Waals surface area contributed by atoms with E-state index in [2.05, 4.69) is 5.32 Å². The summed E-state index contributed by atoms with van der Waals surface area (Å²) in [5.74, 6) is -0.964. The Hall–Kier alpha value is -0.730. The summed E-state index contributed by atoms with van der Waals surface area (Å²) in [6.07, 6.45) is -4.08. The fourth-order valence-electron chi connectivity index (χ4n) is 1.39. The molecule has 1 fully saturated rings. The number of ether oxygens (including phenoxy) is 1. The maximum atomic E-state index is 10.2. The van der Waals surface area contributed by atoms with Gasteiger partial charge in [-0.3, -0.25) is 10.1 Å². The molecule has 0 aromatic heterocycles. The van der Waals surface area contributed by atoms with Crippen LogP contribution >= 0.6 is 0 Å². The van der Waals surface area contributed by atoms with E-state index in [1.54, 1.807) is 0 Å². The highest BCUT2D eigenvalue weighted by molar-refractivity contribution is 5.66. The largest absolute Gasteiger partial charge is 0.481 e. The van der Waals surface area contributed by atoms with Crippen LogP contribution in [0.1, 0.15) is 6.42 Å². The highest BCUT2D eigenvalue weighted by atomic mass is 16.6. The van der Waals surface area contributed by atoms with Gasteiger partial charge in [0, 0.05) is 6.54 Å². The zero-order chi connectivity index (χ0) is 11.4. The minimum absolute atomic E-state index is 0.105. The van der Waals surface area contributed by atoms with Crippen molar-refractivity contribution in [1.29, 1.82) is 0 Å². The summed E-state index contributed by atoms with van der Waals surface area (Å²) in [4.78, 5) is 10.2. The highest BCUT2D eigenvalue weighted by Gasteiger charge is 2.41. The van der Waals surface area contributed by atoms with Crippen molar-refractivity contribution < 1.29 is 30.0 Å². The van der Waals surface area contributed by atoms with Gasteiger partial charge in [0.2, 0.25) is 0 Å². The van der Waals surface area contributed by atoms with Crippen LogP contribution in [0.15, 0.2) is 0 Å². The molecule has 0 aliphatic carbocycles. The zero-order valence-electron chi connectivity index (χ0n) is 8.04. The van der Waals surface area contributed by atoms with Crippen molar-refractivity contribution in [2.24, 2.45) is 0 Å². The fourth-order valence-corrected chi connectivity index (χ4v) is 1.39. The standard InChI is InChI=1S/C8H15NO6/c10-3-4-6(13)7(14)8(15-4)9-2-1-5(11)12/h4,6-10,13-14H,1-3H2,(H,11,12)/t4-,6-,7+,8-/m1/s1. The number of hydrogen-bond donors (Lipinski definition) is 5. The predicted octanol–water partition coefficient (Wildman–Crippen LogP) is -2.51. The first-order valence-corrected chi connectivity index (χ1v) is 4.64. The van der Waals surface area contributed by atoms with Crippen LogP contribution in [0.3, 0.4) is 0 Å². The summed E-state index contributed by atoms with van der Waals surface area (Å²) < 4.78 is 5.06. The van der Waals surface area contributed by atoms with Gasteiger partial charge in [0.05, 0.1) is 13.0 Å². The second-order valence-electron chi connectivity index (χ2n) is 3.36. The molecule has 0 radical (unpaired) electrons. The van der Waals surface area contributed by atoms with Gasteiger partial charge in [0.25, 0.3) is 0 Å². The Bertz CT molecular complexity index is 223. The van der Waals surface area contributed by atoms with Gasteiger partial charge in [-0.2, -0.15) is 0 Å². The lowest BCUT2D eigenvalue weighted by molar-refractivity contribution is -0.137. The molecule has 0 aromatic rings. The normalized spacial score (nSPS) is 35.7. The van der Waals surface area contributed by atoms with Gasteiger partial charge in [-0.1, -0.05) is 0 Å². The molecule has 0 spiro atoms. The van der Waals surface area contributed by atoms with Gasteiger partial charge >= 0.3 is 5.97 Å². The SMILES string of the molecule is O=C(O)CCN[C@@H]1O[C@H](CO)[C@@H](O)[C@@H]1O. The van der Waals surface area contributed by atoms with Crippen molar-refractivity contribution in [3.8, 4) is 0 Å². The van der Waals surface area contributed by atoms with Crippen LogP contribution in [0, 0.1) is 0 Å². The molecule has 7 heteroatoms. The topological polar surface area (TPSA) is 119 Å². The molecular weight excluding hydrogens is 206 g/mol. The van der Waals surface area contributed by atoms with Gasteiger partial charge in [0.1, 0.15) is 24.5 Å². The molecule has 4 atom stereocenters. The van der Waals surface area contributed by atoms with Crippen LogP contribution in [-0.4, -0.2) is 64.1 Å². The molecule has 0 saturated carbocycles. The Morgan fingerprint density at radius 2 is 2.00 bits per heavy atom. The number of rotatable bonds is 5. The van der Waals surface area contributed by atoms with Crippen molar-refractivity contribution in [2.45, 2.75) is 31.0 Å². The minimum atomic E-state index is -1.16. The van der Waals surface area contributed by atoms with Gasteiger partial charge in [-0.25, -0.2) is 0 Å². The number of carboxylic acids is 1. The van der Waals surface area contributed by atoms with Crippen LogP contribution in [0.25, 0.3) is 0 Å². The van der Waals surface area contributed by atoms with E-state index in [0.717, 1.165) is 0 Å². The van der Waals surface area contributed by atoms with Gasteiger partial charge in [0.15, 0.2) is 0 Å². The average molecular weight is 221 g/mol. The Morgan fingerprint density at radius 1 is 1.33 bits per heavy atom. The second-order valence-corrected chi connectivity index (χ2v) is 3.36. The first-order chi connectivity index (χ1) is 7.06. The smallest absolute Gasteiger partial charge is 0.304 e. The van der Waals surface area contributed by atoms with Crippen LogP contribution in [0.4, 0.5) is 0 Å². The average Bonchev–Trinajstić information content (AvgIpc) is 2.45. The highest BCUT2D eigenvalue weighted by Crippen LogP contribution is 2.18. The maximum Gasteiger partial charge on any atom is 0.304 e. The molecule has 1 rings (SSSR count). The molecule has 15 heavy (non-hydrogen) atoms. The summed E-state index contributed by atoms with van der Waals surface area (Å²) in [6, 6.07) is 0. The third-order valence-electron chi connectivity index (χ3n) is 2.23. The van der Waals surface area contributed by atoms with E-state index in [1.165, 1.54) is 0 Å². The van der Waals surface area contributed by atoms with E-state index < -0.39 is 37.1 Å². The van der Waals surface area contributed by atoms with Crippen LogP contribution in [0.2, 0.25) is 0 Å². The summed E-state index contributed by atoms with van der Waals surface area (Å²) >= 11 is 0. The quantitative estimate of drug-likeness (QED) is 0.348. The third-order valence-corrected chi connectivity index (χ3v) is 2.23. The number of aliphatic carboxylic acids is 1. The van der Waals surface area contributed by atoms with Crippen molar-refractivity contribution in [3.63, 3.8) is 0 Å². The molecule has 1 saturated heterocycles. The Kier molecular flexibility index (Phi) is 4.43. The minimum Gasteiger partial charge on any atom is -0.481 e. The van der Waals surface area contributed by atoms with E-state index in [-0.39, 0.29) is 13.0 Å². The van der Waals surface area contributed by atoms with E-state index in [4.69, 9.17) is 14.9 Å². The molecule has 1 aliphatic rings. The maximum absolute atomic E-state index is 10.2. The predicted molar refractivity (Wildman–Crippen MR) is 48.0 cm³/mol. The summed E-state index contributed by atoms with van der Waals surface area (Å²) in [6.45, 7) is -0.267. The molecule has 1 aliphatic heterocycles. The summed E-state index contributed by atoms with van der Waals surface area (Å²) in [7, 11) is 0. The number of carbonyl (C=O) groups is 1. The van der Waals surface area contributed by atoms with Gasteiger partial charge < -0.3 is 25.2 Å². The van der Waals surface area contributed by atoms with Crippen molar-refractivity contribution in [2.75, 3.05) is 13.2 Å². The lowest BCUT2D eigenvalue weighted by Crippen LogP contribution is -2.41. The van der Waals surface area contributed by atoms with Crippen LogP contribution < -0.4 is 5.32 Å². The first-order valence-electron chi connectivity index (χ1n) is 4.64. The van der Waals surface area contributed by atoms with E-state index in [9.17, 15) is 15.0 Å². The lowest BCUT2D eigenvalue weighted by atomic mass is 10.1. The fraction of sp³-hybridized carbons (Fsp3) is 0.875. The molecule has 0 aromatic carbocycles. The van der Waals surface area contributed by atoms with Gasteiger partial charge in [-0.15, -0.1) is 0 Å². The Labute approximate surface area is 86.3 Å². The van der Waals surface area contributed by atoms with E-state index in [1.807, 2.05) is 0 Å². The molecule has 5 N–H and O–H groups in total. The first kappa shape index (κ1) is 12.3. The number of carboxylic acid groups (broad SMARTS) is 1. The monoisotopic (exact) mass is 221 g/mol.